The normalized spacial score (nSPS) is 10.4. The minimum Gasteiger partial charge on any atom is -0.508 e. The number of carbonyl (C=O) groups is 1. The van der Waals surface area contributed by atoms with Gasteiger partial charge in [-0.15, -0.1) is 0 Å². The van der Waals surface area contributed by atoms with E-state index in [1.807, 2.05) is 6.07 Å². The summed E-state index contributed by atoms with van der Waals surface area (Å²) in [6.07, 6.45) is 0.757. The van der Waals surface area contributed by atoms with Crippen LogP contribution in [0.1, 0.15) is 23.1 Å². The number of hydrogen-bond acceptors (Lipinski definition) is 2. The Bertz CT molecular complexity index is 640. The molecule has 2 rings (SSSR count). The summed E-state index contributed by atoms with van der Waals surface area (Å²) in [5.41, 5.74) is 2.06. The summed E-state index contributed by atoms with van der Waals surface area (Å²) in [4.78, 5) is 11.8. The van der Waals surface area contributed by atoms with Crippen LogP contribution in [0.2, 0.25) is 0 Å². The Labute approximate surface area is 123 Å². The van der Waals surface area contributed by atoms with Gasteiger partial charge in [-0.05, 0) is 42.2 Å². The van der Waals surface area contributed by atoms with Crippen LogP contribution in [0.25, 0.3) is 0 Å². The van der Waals surface area contributed by atoms with Crippen LogP contribution in [0.4, 0.5) is 4.39 Å². The van der Waals surface area contributed by atoms with E-state index in [-0.39, 0.29) is 23.9 Å². The van der Waals surface area contributed by atoms with Crippen LogP contribution in [-0.2, 0) is 17.8 Å². The summed E-state index contributed by atoms with van der Waals surface area (Å²) < 4.78 is 13.4. The van der Waals surface area contributed by atoms with E-state index < -0.39 is 0 Å². The molecule has 110 valence electrons. The van der Waals surface area contributed by atoms with E-state index in [2.05, 4.69) is 5.32 Å². The van der Waals surface area contributed by atoms with Gasteiger partial charge in [0.2, 0.25) is 5.91 Å². The highest BCUT2D eigenvalue weighted by Crippen LogP contribution is 2.17. The van der Waals surface area contributed by atoms with Gasteiger partial charge in [0.1, 0.15) is 11.6 Å². The monoisotopic (exact) mass is 287 g/mol. The second-order valence-electron chi connectivity index (χ2n) is 4.99. The van der Waals surface area contributed by atoms with Crippen molar-refractivity contribution in [2.45, 2.75) is 26.3 Å². The summed E-state index contributed by atoms with van der Waals surface area (Å²) in [6, 6.07) is 11.9. The molecule has 2 aromatic rings. The van der Waals surface area contributed by atoms with Gasteiger partial charge in [-0.3, -0.25) is 4.79 Å². The number of hydrogen-bond donors (Lipinski definition) is 2. The minimum absolute atomic E-state index is 0.126. The molecular weight excluding hydrogens is 269 g/mol. The SMILES string of the molecule is Cc1ccc(CNC(=O)CCc2ccccc2O)cc1F. The molecule has 0 saturated heterocycles. The average molecular weight is 287 g/mol. The third-order valence-corrected chi connectivity index (χ3v) is 3.34. The summed E-state index contributed by atoms with van der Waals surface area (Å²) in [5, 5.41) is 12.4. The van der Waals surface area contributed by atoms with Crippen LogP contribution in [-0.4, -0.2) is 11.0 Å². The van der Waals surface area contributed by atoms with Crippen LogP contribution >= 0.6 is 0 Å². The van der Waals surface area contributed by atoms with Gasteiger partial charge in [-0.1, -0.05) is 30.3 Å². The summed E-state index contributed by atoms with van der Waals surface area (Å²) in [5.74, 6) is -0.193. The molecule has 0 fully saturated rings. The molecule has 2 N–H and O–H groups in total. The van der Waals surface area contributed by atoms with Crippen molar-refractivity contribution in [3.63, 3.8) is 0 Å². The fourth-order valence-electron chi connectivity index (χ4n) is 2.01. The van der Waals surface area contributed by atoms with Crippen LogP contribution in [0.3, 0.4) is 0 Å². The Hall–Kier alpha value is -2.36. The molecule has 0 atom stereocenters. The molecule has 0 heterocycles. The molecule has 0 saturated carbocycles. The van der Waals surface area contributed by atoms with E-state index in [0.717, 1.165) is 11.1 Å². The molecule has 2 aromatic carbocycles. The largest absolute Gasteiger partial charge is 0.508 e. The van der Waals surface area contributed by atoms with Gasteiger partial charge in [0, 0.05) is 13.0 Å². The quantitative estimate of drug-likeness (QED) is 0.888. The maximum absolute atomic E-state index is 13.4. The number of para-hydroxylation sites is 1. The first-order chi connectivity index (χ1) is 10.1. The average Bonchev–Trinajstić information content (AvgIpc) is 2.47. The lowest BCUT2D eigenvalue weighted by Crippen LogP contribution is -2.23. The van der Waals surface area contributed by atoms with Gasteiger partial charge in [-0.2, -0.15) is 0 Å². The van der Waals surface area contributed by atoms with Crippen molar-refractivity contribution in [2.75, 3.05) is 0 Å². The first-order valence-corrected chi connectivity index (χ1v) is 6.85. The zero-order chi connectivity index (χ0) is 15.2. The number of phenols is 1. The molecule has 1 amide bonds. The van der Waals surface area contributed by atoms with Crippen molar-refractivity contribution in [1.29, 1.82) is 0 Å². The highest BCUT2D eigenvalue weighted by molar-refractivity contribution is 5.76. The Morgan fingerprint density at radius 3 is 2.71 bits per heavy atom. The summed E-state index contributed by atoms with van der Waals surface area (Å²) in [7, 11) is 0. The van der Waals surface area contributed by atoms with Gasteiger partial charge < -0.3 is 10.4 Å². The second-order valence-corrected chi connectivity index (χ2v) is 4.99. The fourth-order valence-corrected chi connectivity index (χ4v) is 2.01. The van der Waals surface area contributed by atoms with Crippen molar-refractivity contribution in [2.24, 2.45) is 0 Å². The standard InChI is InChI=1S/C17H18FNO2/c1-12-6-7-13(10-15(12)18)11-19-17(21)9-8-14-4-2-3-5-16(14)20/h2-7,10,20H,8-9,11H2,1H3,(H,19,21). The van der Waals surface area contributed by atoms with Crippen LogP contribution < -0.4 is 5.32 Å². The van der Waals surface area contributed by atoms with Crippen LogP contribution in [0.15, 0.2) is 42.5 Å². The summed E-state index contributed by atoms with van der Waals surface area (Å²) in [6.45, 7) is 2.00. The molecule has 0 aliphatic rings. The lowest BCUT2D eigenvalue weighted by Gasteiger charge is -2.07. The molecule has 0 aliphatic carbocycles. The molecule has 0 aliphatic heterocycles. The van der Waals surface area contributed by atoms with Crippen molar-refractivity contribution >= 4 is 5.91 Å². The number of aromatic hydroxyl groups is 1. The molecule has 4 heteroatoms. The maximum atomic E-state index is 13.4. The number of nitrogens with one attached hydrogen (secondary N) is 1. The lowest BCUT2D eigenvalue weighted by molar-refractivity contribution is -0.121. The molecule has 0 spiro atoms. The minimum atomic E-state index is -0.268. The fraction of sp³-hybridized carbons (Fsp3) is 0.235. The van der Waals surface area contributed by atoms with E-state index in [1.54, 1.807) is 37.3 Å². The summed E-state index contributed by atoms with van der Waals surface area (Å²) >= 11 is 0. The Morgan fingerprint density at radius 2 is 2.00 bits per heavy atom. The second kappa shape index (κ2) is 6.88. The van der Waals surface area contributed by atoms with Crippen molar-refractivity contribution in [1.82, 2.24) is 5.32 Å². The van der Waals surface area contributed by atoms with Gasteiger partial charge in [0.05, 0.1) is 0 Å². The number of aryl methyl sites for hydroxylation is 2. The molecule has 3 nitrogen and oxygen atoms in total. The van der Waals surface area contributed by atoms with Gasteiger partial charge >= 0.3 is 0 Å². The van der Waals surface area contributed by atoms with E-state index >= 15 is 0 Å². The van der Waals surface area contributed by atoms with Crippen LogP contribution in [0.5, 0.6) is 5.75 Å². The maximum Gasteiger partial charge on any atom is 0.220 e. The van der Waals surface area contributed by atoms with Crippen molar-refractivity contribution in [3.8, 4) is 5.75 Å². The smallest absolute Gasteiger partial charge is 0.220 e. The predicted octanol–water partition coefficient (Wildman–Crippen LogP) is 3.09. The van der Waals surface area contributed by atoms with Crippen molar-refractivity contribution < 1.29 is 14.3 Å². The molecule has 0 radical (unpaired) electrons. The number of rotatable bonds is 5. The van der Waals surface area contributed by atoms with Crippen molar-refractivity contribution in [3.05, 3.63) is 65.0 Å². The van der Waals surface area contributed by atoms with Crippen LogP contribution in [0, 0.1) is 12.7 Å². The molecule has 0 bridgehead atoms. The highest BCUT2D eigenvalue weighted by Gasteiger charge is 2.06. The topological polar surface area (TPSA) is 49.3 Å². The van der Waals surface area contributed by atoms with Gasteiger partial charge in [0.15, 0.2) is 0 Å². The van der Waals surface area contributed by atoms with Gasteiger partial charge in [-0.25, -0.2) is 4.39 Å². The van der Waals surface area contributed by atoms with Gasteiger partial charge in [0.25, 0.3) is 0 Å². The van der Waals surface area contributed by atoms with E-state index in [4.69, 9.17) is 0 Å². The molecule has 21 heavy (non-hydrogen) atoms. The third-order valence-electron chi connectivity index (χ3n) is 3.34. The molecule has 0 unspecified atom stereocenters. The lowest BCUT2D eigenvalue weighted by atomic mass is 10.1. The Kier molecular flexibility index (Phi) is 4.93. The Morgan fingerprint density at radius 1 is 1.24 bits per heavy atom. The number of halogens is 1. The highest BCUT2D eigenvalue weighted by atomic mass is 19.1. The van der Waals surface area contributed by atoms with E-state index in [1.165, 1.54) is 6.07 Å². The number of phenolic OH excluding ortho intramolecular Hbond substituents is 1. The molecule has 0 aromatic heterocycles. The molecular formula is C17H18FNO2. The number of carbonyl (C=O) groups excluding carboxylic acids is 1. The first kappa shape index (κ1) is 15.0. The zero-order valence-electron chi connectivity index (χ0n) is 11.9. The number of benzene rings is 2. The zero-order valence-corrected chi connectivity index (χ0v) is 11.9. The number of amides is 1. The predicted molar refractivity (Wildman–Crippen MR) is 79.4 cm³/mol. The van der Waals surface area contributed by atoms with E-state index in [9.17, 15) is 14.3 Å². The van der Waals surface area contributed by atoms with E-state index in [0.29, 0.717) is 18.5 Å². The first-order valence-electron chi connectivity index (χ1n) is 6.85. The third kappa shape index (κ3) is 4.31. The Balaban J connectivity index is 1.82.